The highest BCUT2D eigenvalue weighted by atomic mass is 19.1. The summed E-state index contributed by atoms with van der Waals surface area (Å²) in [6.45, 7) is 0. The summed E-state index contributed by atoms with van der Waals surface area (Å²) in [5.74, 6) is -0.953. The van der Waals surface area contributed by atoms with Crippen LogP contribution in [0.1, 0.15) is 42.9 Å². The molecule has 0 spiro atoms. The average Bonchev–Trinajstić information content (AvgIpc) is 2.85. The molecule has 0 bridgehead atoms. The fraction of sp³-hybridized carbons (Fsp3) is 0.462. The van der Waals surface area contributed by atoms with Crippen LogP contribution in [0.3, 0.4) is 0 Å². The second kappa shape index (κ2) is 4.72. The first-order chi connectivity index (χ1) is 8.15. The molecule has 1 aromatic rings. The third-order valence-corrected chi connectivity index (χ3v) is 3.53. The Hall–Kier alpha value is -1.60. The van der Waals surface area contributed by atoms with Gasteiger partial charge in [0.15, 0.2) is 11.6 Å². The highest BCUT2D eigenvalue weighted by Gasteiger charge is 2.28. The van der Waals surface area contributed by atoms with E-state index in [0.717, 1.165) is 31.7 Å². The summed E-state index contributed by atoms with van der Waals surface area (Å²) < 4.78 is 13.3. The number of hydrogen-bond acceptors (Lipinski definition) is 3. The molecule has 2 rings (SSSR count). The van der Waals surface area contributed by atoms with Gasteiger partial charge in [0.05, 0.1) is 11.6 Å². The molecule has 0 radical (unpaired) electrons. The summed E-state index contributed by atoms with van der Waals surface area (Å²) in [6.07, 6.45) is 4.16. The molecule has 1 aliphatic carbocycles. The van der Waals surface area contributed by atoms with Gasteiger partial charge in [0, 0.05) is 11.6 Å². The lowest BCUT2D eigenvalue weighted by Crippen LogP contribution is -2.20. The van der Waals surface area contributed by atoms with E-state index < -0.39 is 17.6 Å². The van der Waals surface area contributed by atoms with E-state index in [4.69, 9.17) is 11.0 Å². The van der Waals surface area contributed by atoms with Crippen LogP contribution in [0.4, 0.5) is 4.39 Å². The molecular formula is C13H15FN2O. The number of benzene rings is 1. The maximum Gasteiger partial charge on any atom is 0.165 e. The molecule has 0 amide bonds. The first-order valence-electron chi connectivity index (χ1n) is 5.82. The number of rotatable bonds is 2. The average molecular weight is 234 g/mol. The van der Waals surface area contributed by atoms with Crippen molar-refractivity contribution in [2.75, 3.05) is 0 Å². The molecule has 1 aliphatic rings. The van der Waals surface area contributed by atoms with Crippen LogP contribution in [-0.2, 0) is 0 Å². The van der Waals surface area contributed by atoms with Crippen LogP contribution >= 0.6 is 0 Å². The molecule has 1 fully saturated rings. The van der Waals surface area contributed by atoms with E-state index in [1.54, 1.807) is 0 Å². The van der Waals surface area contributed by atoms with Gasteiger partial charge in [-0.15, -0.1) is 0 Å². The monoisotopic (exact) mass is 234 g/mol. The predicted molar refractivity (Wildman–Crippen MR) is 61.7 cm³/mol. The van der Waals surface area contributed by atoms with Gasteiger partial charge in [-0.2, -0.15) is 5.26 Å². The van der Waals surface area contributed by atoms with Crippen LogP contribution in [-0.4, -0.2) is 5.11 Å². The molecule has 3 nitrogen and oxygen atoms in total. The third-order valence-electron chi connectivity index (χ3n) is 3.53. The lowest BCUT2D eigenvalue weighted by molar-refractivity contribution is 0.391. The van der Waals surface area contributed by atoms with Crippen molar-refractivity contribution < 1.29 is 9.50 Å². The molecule has 0 unspecified atom stereocenters. The molecule has 1 aromatic carbocycles. The number of phenols is 1. The lowest BCUT2D eigenvalue weighted by atomic mass is 9.89. The lowest BCUT2D eigenvalue weighted by Gasteiger charge is -2.21. The van der Waals surface area contributed by atoms with Gasteiger partial charge in [-0.25, -0.2) is 4.39 Å². The number of hydrogen-bond donors (Lipinski definition) is 2. The van der Waals surface area contributed by atoms with E-state index >= 15 is 0 Å². The van der Waals surface area contributed by atoms with E-state index in [-0.39, 0.29) is 17.0 Å². The Morgan fingerprint density at radius 3 is 2.65 bits per heavy atom. The molecule has 0 aliphatic heterocycles. The van der Waals surface area contributed by atoms with Crippen molar-refractivity contribution >= 4 is 0 Å². The quantitative estimate of drug-likeness (QED) is 0.826. The summed E-state index contributed by atoms with van der Waals surface area (Å²) in [5, 5.41) is 18.7. The Morgan fingerprint density at radius 2 is 2.06 bits per heavy atom. The highest BCUT2D eigenvalue weighted by Crippen LogP contribution is 2.39. The van der Waals surface area contributed by atoms with Gasteiger partial charge in [-0.05, 0) is 30.9 Å². The van der Waals surface area contributed by atoms with E-state index in [1.807, 2.05) is 6.07 Å². The summed E-state index contributed by atoms with van der Waals surface area (Å²) in [5.41, 5.74) is 6.60. The fourth-order valence-corrected chi connectivity index (χ4v) is 2.57. The van der Waals surface area contributed by atoms with Crippen LogP contribution in [0.5, 0.6) is 5.75 Å². The second-order valence-corrected chi connectivity index (χ2v) is 4.54. The molecule has 0 saturated heterocycles. The van der Waals surface area contributed by atoms with Gasteiger partial charge >= 0.3 is 0 Å². The van der Waals surface area contributed by atoms with Gasteiger partial charge in [-0.3, -0.25) is 0 Å². The number of phenolic OH excluding ortho intramolecular Hbond substituents is 1. The van der Waals surface area contributed by atoms with Gasteiger partial charge in [0.25, 0.3) is 0 Å². The van der Waals surface area contributed by atoms with Gasteiger partial charge in [-0.1, -0.05) is 12.8 Å². The third kappa shape index (κ3) is 2.11. The topological polar surface area (TPSA) is 70.0 Å². The fourth-order valence-electron chi connectivity index (χ4n) is 2.57. The van der Waals surface area contributed by atoms with Crippen molar-refractivity contribution in [3.8, 4) is 11.8 Å². The van der Waals surface area contributed by atoms with Crippen molar-refractivity contribution in [3.05, 3.63) is 29.1 Å². The molecule has 4 heteroatoms. The van der Waals surface area contributed by atoms with Crippen LogP contribution in [0, 0.1) is 23.1 Å². The zero-order valence-electron chi connectivity index (χ0n) is 9.49. The van der Waals surface area contributed by atoms with Crippen molar-refractivity contribution in [2.45, 2.75) is 31.7 Å². The Morgan fingerprint density at radius 1 is 1.41 bits per heavy atom. The molecule has 1 atom stereocenters. The van der Waals surface area contributed by atoms with Gasteiger partial charge in [0.1, 0.15) is 0 Å². The van der Waals surface area contributed by atoms with Crippen LogP contribution in [0.2, 0.25) is 0 Å². The smallest absolute Gasteiger partial charge is 0.165 e. The first-order valence-corrected chi connectivity index (χ1v) is 5.82. The minimum Gasteiger partial charge on any atom is -0.505 e. The number of nitrogens with zero attached hydrogens (tertiary/aromatic N) is 1. The highest BCUT2D eigenvalue weighted by molar-refractivity contribution is 5.48. The van der Waals surface area contributed by atoms with E-state index in [2.05, 4.69) is 0 Å². The number of nitriles is 1. The number of nitrogens with two attached hydrogens (primary N) is 1. The molecule has 17 heavy (non-hydrogen) atoms. The van der Waals surface area contributed by atoms with Crippen molar-refractivity contribution in [1.29, 1.82) is 5.26 Å². The zero-order chi connectivity index (χ0) is 12.4. The predicted octanol–water partition coefficient (Wildman–Crippen LogP) is 2.59. The largest absolute Gasteiger partial charge is 0.505 e. The normalized spacial score (nSPS) is 17.9. The standard InChI is InChI=1S/C13H15FN2O/c14-10-6-5-9(7-15)11(13(10)17)12(16)8-3-1-2-4-8/h5-6,8,12,17H,1-4,16H2/t12-/m1/s1. The summed E-state index contributed by atoms with van der Waals surface area (Å²) in [6, 6.07) is 3.98. The molecular weight excluding hydrogens is 219 g/mol. The van der Waals surface area contributed by atoms with Crippen LogP contribution < -0.4 is 5.73 Å². The van der Waals surface area contributed by atoms with Crippen molar-refractivity contribution in [1.82, 2.24) is 0 Å². The molecule has 0 heterocycles. The summed E-state index contributed by atoms with van der Waals surface area (Å²) in [4.78, 5) is 0. The van der Waals surface area contributed by atoms with E-state index in [1.165, 1.54) is 6.07 Å². The maximum absolute atomic E-state index is 13.3. The number of aromatic hydroxyl groups is 1. The molecule has 1 saturated carbocycles. The summed E-state index contributed by atoms with van der Waals surface area (Å²) in [7, 11) is 0. The minimum atomic E-state index is -0.715. The Bertz CT molecular complexity index is 461. The minimum absolute atomic E-state index is 0.231. The Kier molecular flexibility index (Phi) is 3.30. The van der Waals surface area contributed by atoms with E-state index in [0.29, 0.717) is 0 Å². The zero-order valence-corrected chi connectivity index (χ0v) is 9.49. The molecule has 90 valence electrons. The van der Waals surface area contributed by atoms with Gasteiger partial charge in [0.2, 0.25) is 0 Å². The SMILES string of the molecule is N#Cc1ccc(F)c(O)c1[C@H](N)C1CCCC1. The van der Waals surface area contributed by atoms with Crippen molar-refractivity contribution in [2.24, 2.45) is 11.7 Å². The second-order valence-electron chi connectivity index (χ2n) is 4.54. The Labute approximate surface area is 99.7 Å². The van der Waals surface area contributed by atoms with Crippen LogP contribution in [0.25, 0.3) is 0 Å². The maximum atomic E-state index is 13.3. The van der Waals surface area contributed by atoms with Gasteiger partial charge < -0.3 is 10.8 Å². The Balaban J connectivity index is 2.42. The first kappa shape index (κ1) is 11.9. The van der Waals surface area contributed by atoms with Crippen molar-refractivity contribution in [3.63, 3.8) is 0 Å². The van der Waals surface area contributed by atoms with E-state index in [9.17, 15) is 9.50 Å². The molecule has 3 N–H and O–H groups in total. The summed E-state index contributed by atoms with van der Waals surface area (Å²) >= 11 is 0. The molecule has 0 aromatic heterocycles. The van der Waals surface area contributed by atoms with Crippen LogP contribution in [0.15, 0.2) is 12.1 Å². The number of halogens is 1.